The van der Waals surface area contributed by atoms with E-state index in [1.807, 2.05) is 37.3 Å². The Balaban J connectivity index is 2.13. The second kappa shape index (κ2) is 6.13. The molecule has 0 amide bonds. The molecule has 0 saturated heterocycles. The lowest BCUT2D eigenvalue weighted by Gasteiger charge is -2.12. The lowest BCUT2D eigenvalue weighted by Crippen LogP contribution is -2.03. The van der Waals surface area contributed by atoms with Gasteiger partial charge < -0.3 is 4.74 Å². The highest BCUT2D eigenvalue weighted by atomic mass is 16.5. The summed E-state index contributed by atoms with van der Waals surface area (Å²) in [5.74, 6) is -0.226. The van der Waals surface area contributed by atoms with Gasteiger partial charge in [-0.2, -0.15) is 0 Å². The van der Waals surface area contributed by atoms with Crippen molar-refractivity contribution in [2.45, 2.75) is 32.6 Å². The molecule has 3 aliphatic carbocycles. The van der Waals surface area contributed by atoms with Gasteiger partial charge in [0.25, 0.3) is 0 Å². The number of allylic oxidation sites excluding steroid dienone is 2. The fourth-order valence-corrected chi connectivity index (χ4v) is 3.04. The van der Waals surface area contributed by atoms with Crippen LogP contribution in [-0.2, 0) is 4.74 Å². The first-order chi connectivity index (χ1) is 10.3. The first-order valence-electron chi connectivity index (χ1n) is 7.69. The fraction of sp³-hybridized carbons (Fsp3) is 0.316. The van der Waals surface area contributed by atoms with Crippen LogP contribution < -0.4 is 0 Å². The third-order valence-electron chi connectivity index (χ3n) is 4.04. The van der Waals surface area contributed by atoms with Crippen LogP contribution >= 0.6 is 0 Å². The van der Waals surface area contributed by atoms with E-state index >= 15 is 0 Å². The number of esters is 1. The van der Waals surface area contributed by atoms with Crippen molar-refractivity contribution in [1.82, 2.24) is 0 Å². The van der Waals surface area contributed by atoms with Gasteiger partial charge in [0.2, 0.25) is 0 Å². The lowest BCUT2D eigenvalue weighted by atomic mass is 9.92. The molecule has 0 N–H and O–H groups in total. The van der Waals surface area contributed by atoms with Crippen molar-refractivity contribution in [3.05, 3.63) is 53.6 Å². The molecule has 108 valence electrons. The van der Waals surface area contributed by atoms with Crippen molar-refractivity contribution < 1.29 is 9.53 Å². The van der Waals surface area contributed by atoms with Crippen molar-refractivity contribution in [3.8, 4) is 11.1 Å². The van der Waals surface area contributed by atoms with E-state index in [1.54, 1.807) is 0 Å². The normalized spacial score (nSPS) is 14.8. The predicted octanol–water partition coefficient (Wildman–Crippen LogP) is 4.93. The van der Waals surface area contributed by atoms with Crippen molar-refractivity contribution in [2.24, 2.45) is 0 Å². The number of hydrogen-bond donors (Lipinski definition) is 0. The third-order valence-corrected chi connectivity index (χ3v) is 4.04. The monoisotopic (exact) mass is 280 g/mol. The highest BCUT2D eigenvalue weighted by Crippen LogP contribution is 2.39. The van der Waals surface area contributed by atoms with Gasteiger partial charge in [-0.15, -0.1) is 0 Å². The Morgan fingerprint density at radius 1 is 1.10 bits per heavy atom. The number of hydrogen-bond acceptors (Lipinski definition) is 2. The molecule has 0 fully saturated rings. The summed E-state index contributed by atoms with van der Waals surface area (Å²) in [5, 5.41) is 0. The molecule has 0 spiro atoms. The SMILES string of the molecule is CCOC(=O)c1cc(C2=CCCCC2)c2cccccc1-2. The molecule has 0 aromatic carbocycles. The van der Waals surface area contributed by atoms with Crippen molar-refractivity contribution in [3.63, 3.8) is 0 Å². The molecule has 0 radical (unpaired) electrons. The average molecular weight is 280 g/mol. The second-order valence-corrected chi connectivity index (χ2v) is 5.41. The summed E-state index contributed by atoms with van der Waals surface area (Å²) in [5.41, 5.74) is 5.39. The van der Waals surface area contributed by atoms with E-state index in [0.717, 1.165) is 24.0 Å². The van der Waals surface area contributed by atoms with Gasteiger partial charge in [-0.1, -0.05) is 36.4 Å². The average Bonchev–Trinajstić information content (AvgIpc) is 2.70. The summed E-state index contributed by atoms with van der Waals surface area (Å²) >= 11 is 0. The topological polar surface area (TPSA) is 26.3 Å². The Labute approximate surface area is 125 Å². The highest BCUT2D eigenvalue weighted by Gasteiger charge is 2.22. The largest absolute Gasteiger partial charge is 0.462 e. The highest BCUT2D eigenvalue weighted by molar-refractivity contribution is 6.02. The van der Waals surface area contributed by atoms with E-state index in [9.17, 15) is 4.79 Å². The maximum absolute atomic E-state index is 12.2. The molecule has 2 nitrogen and oxygen atoms in total. The van der Waals surface area contributed by atoms with E-state index in [4.69, 9.17) is 4.74 Å². The van der Waals surface area contributed by atoms with Crippen LogP contribution in [0.5, 0.6) is 0 Å². The summed E-state index contributed by atoms with van der Waals surface area (Å²) in [4.78, 5) is 12.2. The zero-order chi connectivity index (χ0) is 14.7. The molecule has 0 aromatic rings. The van der Waals surface area contributed by atoms with E-state index in [0.29, 0.717) is 12.2 Å². The number of carbonyl (C=O) groups excluding carboxylic acids is 1. The quantitative estimate of drug-likeness (QED) is 0.745. The Kier molecular flexibility index (Phi) is 4.05. The minimum atomic E-state index is -0.226. The van der Waals surface area contributed by atoms with Gasteiger partial charge in [-0.25, -0.2) is 4.79 Å². The van der Waals surface area contributed by atoms with Crippen LogP contribution in [0, 0.1) is 0 Å². The number of ether oxygens (including phenoxy) is 1. The summed E-state index contributed by atoms with van der Waals surface area (Å²) in [7, 11) is 0. The summed E-state index contributed by atoms with van der Waals surface area (Å²) in [6, 6.07) is 12.1. The van der Waals surface area contributed by atoms with Crippen LogP contribution in [-0.4, -0.2) is 12.6 Å². The van der Waals surface area contributed by atoms with Gasteiger partial charge in [-0.3, -0.25) is 0 Å². The third kappa shape index (κ3) is 2.71. The standard InChI is InChI=1S/C19H20O2/c1-2-21-19(20)18-13-17(14-9-5-3-6-10-14)15-11-7-4-8-12-16(15)18/h4,7-9,11-13H,2-3,5-6,10H2,1H3. The molecule has 0 aliphatic heterocycles. The first kappa shape index (κ1) is 13.9. The Bertz CT molecular complexity index is 655. The van der Waals surface area contributed by atoms with Gasteiger partial charge in [0, 0.05) is 0 Å². The molecule has 21 heavy (non-hydrogen) atoms. The van der Waals surface area contributed by atoms with Crippen molar-refractivity contribution >= 4 is 11.5 Å². The van der Waals surface area contributed by atoms with Gasteiger partial charge in [0.1, 0.15) is 0 Å². The fourth-order valence-electron chi connectivity index (χ4n) is 3.04. The maximum Gasteiger partial charge on any atom is 0.338 e. The molecule has 0 bridgehead atoms. The van der Waals surface area contributed by atoms with Crippen LogP contribution in [0.15, 0.2) is 42.5 Å². The Hall–Kier alpha value is -2.09. The van der Waals surface area contributed by atoms with E-state index < -0.39 is 0 Å². The molecule has 3 aliphatic rings. The molecule has 0 unspecified atom stereocenters. The van der Waals surface area contributed by atoms with E-state index in [1.165, 1.54) is 24.0 Å². The molecule has 0 aromatic heterocycles. The van der Waals surface area contributed by atoms with Gasteiger partial charge in [0.15, 0.2) is 0 Å². The van der Waals surface area contributed by atoms with E-state index in [2.05, 4.69) is 12.1 Å². The number of carbonyl (C=O) groups is 1. The summed E-state index contributed by atoms with van der Waals surface area (Å²) in [6.45, 7) is 2.25. The smallest absolute Gasteiger partial charge is 0.338 e. The second-order valence-electron chi connectivity index (χ2n) is 5.41. The molecule has 0 heterocycles. The first-order valence-corrected chi connectivity index (χ1v) is 7.69. The minimum Gasteiger partial charge on any atom is -0.462 e. The predicted molar refractivity (Wildman–Crippen MR) is 85.5 cm³/mol. The zero-order valence-electron chi connectivity index (χ0n) is 12.4. The van der Waals surface area contributed by atoms with E-state index in [-0.39, 0.29) is 5.97 Å². The number of rotatable bonds is 3. The number of fused-ring (bicyclic) bond motifs is 1. The Morgan fingerprint density at radius 3 is 2.62 bits per heavy atom. The molecule has 2 heteroatoms. The lowest BCUT2D eigenvalue weighted by molar-refractivity contribution is 0.0527. The Morgan fingerprint density at radius 2 is 1.90 bits per heavy atom. The maximum atomic E-state index is 12.2. The van der Waals surface area contributed by atoms with Gasteiger partial charge in [-0.05, 0) is 60.9 Å². The zero-order valence-corrected chi connectivity index (χ0v) is 12.4. The van der Waals surface area contributed by atoms with Crippen molar-refractivity contribution in [1.29, 1.82) is 0 Å². The summed E-state index contributed by atoms with van der Waals surface area (Å²) in [6.07, 6.45) is 7.04. The molecule has 0 saturated carbocycles. The van der Waals surface area contributed by atoms with Crippen LogP contribution in [0.1, 0.15) is 48.5 Å². The summed E-state index contributed by atoms with van der Waals surface area (Å²) < 4.78 is 5.21. The minimum absolute atomic E-state index is 0.226. The van der Waals surface area contributed by atoms with Crippen LogP contribution in [0.4, 0.5) is 0 Å². The van der Waals surface area contributed by atoms with Gasteiger partial charge >= 0.3 is 5.97 Å². The van der Waals surface area contributed by atoms with Crippen molar-refractivity contribution in [2.75, 3.05) is 6.61 Å². The van der Waals surface area contributed by atoms with Crippen LogP contribution in [0.25, 0.3) is 16.7 Å². The van der Waals surface area contributed by atoms with Gasteiger partial charge in [0.05, 0.1) is 12.2 Å². The van der Waals surface area contributed by atoms with Crippen LogP contribution in [0.2, 0.25) is 0 Å². The molecular formula is C19H20O2. The molecule has 0 atom stereocenters. The van der Waals surface area contributed by atoms with Crippen LogP contribution in [0.3, 0.4) is 0 Å². The molecular weight excluding hydrogens is 260 g/mol. The molecule has 3 rings (SSSR count).